The van der Waals surface area contributed by atoms with Crippen LogP contribution >= 0.6 is 0 Å². The van der Waals surface area contributed by atoms with Gasteiger partial charge in [-0.25, -0.2) is 0 Å². The highest BCUT2D eigenvalue weighted by molar-refractivity contribution is 5.94. The van der Waals surface area contributed by atoms with Gasteiger partial charge in [0.05, 0.1) is 11.7 Å². The first kappa shape index (κ1) is 13.4. The van der Waals surface area contributed by atoms with Gasteiger partial charge in [0, 0.05) is 19.3 Å². The van der Waals surface area contributed by atoms with Gasteiger partial charge in [0.25, 0.3) is 0 Å². The number of amides is 1. The number of pyridine rings is 1. The number of nitrogens with two attached hydrogens (primary N) is 1. The Morgan fingerprint density at radius 1 is 1.53 bits per heavy atom. The van der Waals surface area contributed by atoms with E-state index in [1.165, 1.54) is 10.6 Å². The van der Waals surface area contributed by atoms with Gasteiger partial charge in [-0.2, -0.15) is 0 Å². The Bertz CT molecular complexity index is 453. The molecule has 0 aliphatic rings. The van der Waals surface area contributed by atoms with E-state index < -0.39 is 6.04 Å². The maximum absolute atomic E-state index is 11.8. The van der Waals surface area contributed by atoms with E-state index in [1.807, 2.05) is 13.8 Å². The molecule has 0 saturated heterocycles. The molecule has 0 fully saturated rings. The third-order valence-electron chi connectivity index (χ3n) is 2.91. The van der Waals surface area contributed by atoms with Crippen molar-refractivity contribution < 1.29 is 4.79 Å². The fourth-order valence-electron chi connectivity index (χ4n) is 1.41. The zero-order chi connectivity index (χ0) is 13.0. The van der Waals surface area contributed by atoms with Crippen molar-refractivity contribution in [3.63, 3.8) is 0 Å². The molecule has 0 saturated carbocycles. The van der Waals surface area contributed by atoms with Gasteiger partial charge in [0.15, 0.2) is 0 Å². The summed E-state index contributed by atoms with van der Waals surface area (Å²) in [6, 6.07) is 2.45. The van der Waals surface area contributed by atoms with Gasteiger partial charge in [-0.1, -0.05) is 20.3 Å². The number of aromatic nitrogens is 1. The van der Waals surface area contributed by atoms with Gasteiger partial charge in [0.2, 0.25) is 11.5 Å². The predicted molar refractivity (Wildman–Crippen MR) is 67.7 cm³/mol. The summed E-state index contributed by atoms with van der Waals surface area (Å²) in [6.07, 6.45) is 2.42. The molecule has 1 aromatic heterocycles. The Kier molecular flexibility index (Phi) is 4.45. The lowest BCUT2D eigenvalue weighted by atomic mass is 9.99. The average Bonchev–Trinajstić information content (AvgIpc) is 2.31. The van der Waals surface area contributed by atoms with Crippen molar-refractivity contribution >= 4 is 11.6 Å². The Morgan fingerprint density at radius 2 is 2.18 bits per heavy atom. The first-order chi connectivity index (χ1) is 7.95. The predicted octanol–water partition coefficient (Wildman–Crippen LogP) is 0.697. The molecule has 1 aromatic rings. The number of nitrogens with zero attached hydrogens (tertiary/aromatic N) is 1. The lowest BCUT2D eigenvalue weighted by Crippen LogP contribution is -2.40. The van der Waals surface area contributed by atoms with Crippen LogP contribution in [0.4, 0.5) is 5.69 Å². The molecule has 1 unspecified atom stereocenters. The fraction of sp³-hybridized carbons (Fsp3) is 0.500. The van der Waals surface area contributed by atoms with Crippen LogP contribution in [-0.4, -0.2) is 16.5 Å². The summed E-state index contributed by atoms with van der Waals surface area (Å²) < 4.78 is 1.41. The molecule has 1 rings (SSSR count). The van der Waals surface area contributed by atoms with Crippen molar-refractivity contribution in [3.05, 3.63) is 28.7 Å². The molecule has 1 amide bonds. The van der Waals surface area contributed by atoms with Crippen LogP contribution in [0.15, 0.2) is 23.1 Å². The number of hydrogen-bond donors (Lipinski definition) is 2. The molecule has 94 valence electrons. The van der Waals surface area contributed by atoms with E-state index in [0.29, 0.717) is 5.69 Å². The minimum absolute atomic E-state index is 0.116. The van der Waals surface area contributed by atoms with Crippen molar-refractivity contribution in [2.45, 2.75) is 26.3 Å². The topological polar surface area (TPSA) is 77.1 Å². The van der Waals surface area contributed by atoms with E-state index in [9.17, 15) is 9.59 Å². The standard InChI is InChI=1S/C12H19N3O2/c1-4-8(2)11(13)12(17)14-9-5-6-10(16)15(3)7-9/h5-8,11H,4,13H2,1-3H3,(H,14,17)/t8?,11-/m0/s1. The molecule has 0 aliphatic heterocycles. The maximum Gasteiger partial charge on any atom is 0.250 e. The molecule has 5 heteroatoms. The first-order valence-electron chi connectivity index (χ1n) is 5.68. The molecule has 5 nitrogen and oxygen atoms in total. The lowest BCUT2D eigenvalue weighted by Gasteiger charge is -2.17. The minimum atomic E-state index is -0.530. The quantitative estimate of drug-likeness (QED) is 0.809. The Morgan fingerprint density at radius 3 is 2.71 bits per heavy atom. The summed E-state index contributed by atoms with van der Waals surface area (Å²) in [5, 5.41) is 2.70. The average molecular weight is 237 g/mol. The van der Waals surface area contributed by atoms with E-state index in [0.717, 1.165) is 6.42 Å². The third kappa shape index (κ3) is 3.42. The Labute approximate surface area is 101 Å². The molecule has 0 spiro atoms. The Hall–Kier alpha value is -1.62. The first-order valence-corrected chi connectivity index (χ1v) is 5.68. The van der Waals surface area contributed by atoms with Gasteiger partial charge < -0.3 is 15.6 Å². The summed E-state index contributed by atoms with van der Waals surface area (Å²) in [6.45, 7) is 3.93. The Balaban J connectivity index is 2.74. The highest BCUT2D eigenvalue weighted by Gasteiger charge is 2.19. The zero-order valence-electron chi connectivity index (χ0n) is 10.4. The minimum Gasteiger partial charge on any atom is -0.323 e. The van der Waals surface area contributed by atoms with Crippen molar-refractivity contribution in [3.8, 4) is 0 Å². The van der Waals surface area contributed by atoms with Gasteiger partial charge in [-0.15, -0.1) is 0 Å². The van der Waals surface area contributed by atoms with Gasteiger partial charge >= 0.3 is 0 Å². The van der Waals surface area contributed by atoms with Gasteiger partial charge in [-0.05, 0) is 12.0 Å². The van der Waals surface area contributed by atoms with E-state index in [4.69, 9.17) is 5.73 Å². The number of aryl methyl sites for hydroxylation is 1. The van der Waals surface area contributed by atoms with Crippen LogP contribution in [-0.2, 0) is 11.8 Å². The summed E-state index contributed by atoms with van der Waals surface area (Å²) in [4.78, 5) is 23.0. The molecule has 2 atom stereocenters. The summed E-state index contributed by atoms with van der Waals surface area (Å²) in [5.41, 5.74) is 6.27. The fourth-order valence-corrected chi connectivity index (χ4v) is 1.41. The van der Waals surface area contributed by atoms with Crippen molar-refractivity contribution in [1.29, 1.82) is 0 Å². The van der Waals surface area contributed by atoms with Gasteiger partial charge in [-0.3, -0.25) is 9.59 Å². The van der Waals surface area contributed by atoms with Crippen LogP contribution in [0.1, 0.15) is 20.3 Å². The second-order valence-corrected chi connectivity index (χ2v) is 4.27. The highest BCUT2D eigenvalue weighted by atomic mass is 16.2. The van der Waals surface area contributed by atoms with Crippen molar-refractivity contribution in [2.24, 2.45) is 18.7 Å². The number of hydrogen-bond acceptors (Lipinski definition) is 3. The van der Waals surface area contributed by atoms with Crippen molar-refractivity contribution in [2.75, 3.05) is 5.32 Å². The monoisotopic (exact) mass is 237 g/mol. The maximum atomic E-state index is 11.8. The summed E-state index contributed by atoms with van der Waals surface area (Å²) >= 11 is 0. The van der Waals surface area contributed by atoms with Crippen LogP contribution in [0.3, 0.4) is 0 Å². The van der Waals surface area contributed by atoms with Crippen LogP contribution in [0.5, 0.6) is 0 Å². The van der Waals surface area contributed by atoms with E-state index in [1.54, 1.807) is 19.3 Å². The smallest absolute Gasteiger partial charge is 0.250 e. The number of carbonyl (C=O) groups excluding carboxylic acids is 1. The molecule has 0 radical (unpaired) electrons. The van der Waals surface area contributed by atoms with E-state index in [2.05, 4.69) is 5.32 Å². The second-order valence-electron chi connectivity index (χ2n) is 4.27. The van der Waals surface area contributed by atoms with Crippen LogP contribution in [0, 0.1) is 5.92 Å². The largest absolute Gasteiger partial charge is 0.323 e. The number of nitrogens with one attached hydrogen (secondary N) is 1. The molecule has 0 aliphatic carbocycles. The summed E-state index contributed by atoms with van der Waals surface area (Å²) in [5.74, 6) is -0.0967. The summed E-state index contributed by atoms with van der Waals surface area (Å²) in [7, 11) is 1.63. The number of rotatable bonds is 4. The normalized spacial score (nSPS) is 14.1. The molecule has 1 heterocycles. The molecule has 0 aromatic carbocycles. The van der Waals surface area contributed by atoms with E-state index in [-0.39, 0.29) is 17.4 Å². The van der Waals surface area contributed by atoms with Crippen molar-refractivity contribution in [1.82, 2.24) is 4.57 Å². The lowest BCUT2D eigenvalue weighted by molar-refractivity contribution is -0.118. The second kappa shape index (κ2) is 5.63. The molecular weight excluding hydrogens is 218 g/mol. The van der Waals surface area contributed by atoms with Crippen LogP contribution in [0.25, 0.3) is 0 Å². The highest BCUT2D eigenvalue weighted by Crippen LogP contribution is 2.09. The molecule has 3 N–H and O–H groups in total. The molecular formula is C12H19N3O2. The molecule has 17 heavy (non-hydrogen) atoms. The number of anilines is 1. The molecule has 0 bridgehead atoms. The third-order valence-corrected chi connectivity index (χ3v) is 2.91. The van der Waals surface area contributed by atoms with Crippen LogP contribution in [0.2, 0.25) is 0 Å². The van der Waals surface area contributed by atoms with E-state index >= 15 is 0 Å². The SMILES string of the molecule is CCC(C)[C@H](N)C(=O)Nc1ccc(=O)n(C)c1. The van der Waals surface area contributed by atoms with Crippen LogP contribution < -0.4 is 16.6 Å². The number of carbonyl (C=O) groups is 1. The zero-order valence-corrected chi connectivity index (χ0v) is 10.4. The van der Waals surface area contributed by atoms with Gasteiger partial charge in [0.1, 0.15) is 0 Å².